The minimum atomic E-state index is -0.217. The molecule has 17 heavy (non-hydrogen) atoms. The van der Waals surface area contributed by atoms with Gasteiger partial charge in [0.25, 0.3) is 0 Å². The van der Waals surface area contributed by atoms with Crippen LogP contribution in [-0.2, 0) is 0 Å². The number of halogens is 2. The fourth-order valence-electron chi connectivity index (χ4n) is 1.90. The van der Waals surface area contributed by atoms with E-state index in [-0.39, 0.29) is 11.6 Å². The summed E-state index contributed by atoms with van der Waals surface area (Å²) in [6.45, 7) is 5.32. The quantitative estimate of drug-likeness (QED) is 0.676. The highest BCUT2D eigenvalue weighted by molar-refractivity contribution is 5.68. The van der Waals surface area contributed by atoms with Gasteiger partial charge in [0, 0.05) is 0 Å². The Kier molecular flexibility index (Phi) is 2.97. The van der Waals surface area contributed by atoms with E-state index in [0.717, 1.165) is 16.7 Å². The van der Waals surface area contributed by atoms with E-state index in [2.05, 4.69) is 0 Å². The minimum absolute atomic E-state index is 0.204. The normalized spacial score (nSPS) is 10.6. The van der Waals surface area contributed by atoms with Crippen LogP contribution in [-0.4, -0.2) is 0 Å². The topological polar surface area (TPSA) is 0 Å². The van der Waals surface area contributed by atoms with Crippen molar-refractivity contribution >= 4 is 0 Å². The van der Waals surface area contributed by atoms with Crippen molar-refractivity contribution in [3.63, 3.8) is 0 Å². The van der Waals surface area contributed by atoms with Gasteiger partial charge in [-0.2, -0.15) is 0 Å². The van der Waals surface area contributed by atoms with Crippen LogP contribution in [0.2, 0.25) is 0 Å². The Bertz CT molecular complexity index is 571. The molecule has 0 aliphatic carbocycles. The van der Waals surface area contributed by atoms with Crippen molar-refractivity contribution in [2.75, 3.05) is 0 Å². The van der Waals surface area contributed by atoms with Gasteiger partial charge >= 0.3 is 0 Å². The smallest absolute Gasteiger partial charge is 0.126 e. The molecule has 0 bridgehead atoms. The van der Waals surface area contributed by atoms with Crippen LogP contribution >= 0.6 is 0 Å². The Morgan fingerprint density at radius 2 is 1.35 bits per heavy atom. The fraction of sp³-hybridized carbons (Fsp3) is 0.200. The Balaban J connectivity index is 2.60. The maximum Gasteiger partial charge on any atom is 0.126 e. The summed E-state index contributed by atoms with van der Waals surface area (Å²) in [5, 5.41) is 0. The number of aryl methyl sites for hydroxylation is 3. The average molecular weight is 232 g/mol. The Morgan fingerprint density at radius 1 is 0.706 bits per heavy atom. The molecule has 0 aliphatic heterocycles. The van der Waals surface area contributed by atoms with E-state index in [1.165, 1.54) is 12.1 Å². The molecule has 0 aromatic heterocycles. The van der Waals surface area contributed by atoms with Crippen LogP contribution in [0.4, 0.5) is 8.78 Å². The lowest BCUT2D eigenvalue weighted by atomic mass is 9.97. The molecule has 0 atom stereocenters. The van der Waals surface area contributed by atoms with Crippen LogP contribution in [0.25, 0.3) is 11.1 Å². The van der Waals surface area contributed by atoms with Crippen LogP contribution in [0.5, 0.6) is 0 Å². The monoisotopic (exact) mass is 232 g/mol. The maximum absolute atomic E-state index is 13.4. The molecule has 2 heteroatoms. The van der Waals surface area contributed by atoms with Gasteiger partial charge in [-0.1, -0.05) is 6.07 Å². The third kappa shape index (κ3) is 2.21. The van der Waals surface area contributed by atoms with E-state index >= 15 is 0 Å². The largest absolute Gasteiger partial charge is 0.207 e. The summed E-state index contributed by atoms with van der Waals surface area (Å²) >= 11 is 0. The van der Waals surface area contributed by atoms with Crippen LogP contribution in [0.15, 0.2) is 30.3 Å². The second-order valence-electron chi connectivity index (χ2n) is 4.38. The molecule has 0 saturated carbocycles. The fourth-order valence-corrected chi connectivity index (χ4v) is 1.90. The summed E-state index contributed by atoms with van der Waals surface area (Å²) in [7, 11) is 0. The zero-order valence-corrected chi connectivity index (χ0v) is 10.1. The van der Waals surface area contributed by atoms with Crippen molar-refractivity contribution < 1.29 is 8.78 Å². The first-order valence-corrected chi connectivity index (χ1v) is 5.52. The van der Waals surface area contributed by atoms with E-state index < -0.39 is 0 Å². The SMILES string of the molecule is Cc1cc(-c2cc(C)c(F)cc2C)ccc1F. The molecule has 0 N–H and O–H groups in total. The van der Waals surface area contributed by atoms with Gasteiger partial charge in [0.05, 0.1) is 0 Å². The third-order valence-electron chi connectivity index (χ3n) is 2.97. The lowest BCUT2D eigenvalue weighted by molar-refractivity contribution is 0.617. The molecule has 0 radical (unpaired) electrons. The van der Waals surface area contributed by atoms with Crippen LogP contribution in [0, 0.1) is 32.4 Å². The summed E-state index contributed by atoms with van der Waals surface area (Å²) in [5.74, 6) is -0.421. The summed E-state index contributed by atoms with van der Waals surface area (Å²) in [6.07, 6.45) is 0. The number of hydrogen-bond acceptors (Lipinski definition) is 0. The van der Waals surface area contributed by atoms with Gasteiger partial charge in [0.1, 0.15) is 11.6 Å². The van der Waals surface area contributed by atoms with Gasteiger partial charge < -0.3 is 0 Å². The molecule has 0 aliphatic rings. The lowest BCUT2D eigenvalue weighted by Crippen LogP contribution is -1.91. The second-order valence-corrected chi connectivity index (χ2v) is 4.38. The molecule has 0 heterocycles. The van der Waals surface area contributed by atoms with Crippen molar-refractivity contribution in [2.45, 2.75) is 20.8 Å². The van der Waals surface area contributed by atoms with E-state index in [4.69, 9.17) is 0 Å². The molecule has 0 spiro atoms. The molecule has 0 saturated heterocycles. The summed E-state index contributed by atoms with van der Waals surface area (Å²) in [4.78, 5) is 0. The van der Waals surface area contributed by atoms with Crippen molar-refractivity contribution in [3.8, 4) is 11.1 Å². The predicted molar refractivity (Wildman–Crippen MR) is 66.0 cm³/mol. The van der Waals surface area contributed by atoms with Crippen LogP contribution in [0.1, 0.15) is 16.7 Å². The molecular weight excluding hydrogens is 218 g/mol. The van der Waals surface area contributed by atoms with E-state index in [1.807, 2.05) is 6.92 Å². The molecule has 2 rings (SSSR count). The molecule has 2 aromatic carbocycles. The number of rotatable bonds is 1. The highest BCUT2D eigenvalue weighted by Crippen LogP contribution is 2.27. The maximum atomic E-state index is 13.4. The molecule has 0 amide bonds. The minimum Gasteiger partial charge on any atom is -0.207 e. The van der Waals surface area contributed by atoms with E-state index in [1.54, 1.807) is 32.0 Å². The molecule has 0 fully saturated rings. The highest BCUT2D eigenvalue weighted by Gasteiger charge is 2.07. The van der Waals surface area contributed by atoms with Gasteiger partial charge in [-0.05, 0) is 72.9 Å². The Labute approximate surface area is 99.9 Å². The Morgan fingerprint density at radius 3 is 2.00 bits per heavy atom. The van der Waals surface area contributed by atoms with Gasteiger partial charge in [-0.3, -0.25) is 0 Å². The first-order valence-electron chi connectivity index (χ1n) is 5.52. The Hall–Kier alpha value is -1.70. The van der Waals surface area contributed by atoms with Crippen LogP contribution < -0.4 is 0 Å². The molecular formula is C15H14F2. The number of benzene rings is 2. The van der Waals surface area contributed by atoms with Crippen molar-refractivity contribution in [1.29, 1.82) is 0 Å². The molecule has 0 unspecified atom stereocenters. The predicted octanol–water partition coefficient (Wildman–Crippen LogP) is 4.56. The zero-order chi connectivity index (χ0) is 12.6. The van der Waals surface area contributed by atoms with Crippen molar-refractivity contribution in [1.82, 2.24) is 0 Å². The second kappa shape index (κ2) is 4.28. The molecule has 2 aromatic rings. The summed E-state index contributed by atoms with van der Waals surface area (Å²) in [5.41, 5.74) is 3.94. The number of hydrogen-bond donors (Lipinski definition) is 0. The van der Waals surface area contributed by atoms with Crippen molar-refractivity contribution in [3.05, 3.63) is 58.7 Å². The summed E-state index contributed by atoms with van der Waals surface area (Å²) in [6, 6.07) is 8.28. The first-order chi connectivity index (χ1) is 7.99. The van der Waals surface area contributed by atoms with Crippen molar-refractivity contribution in [2.24, 2.45) is 0 Å². The van der Waals surface area contributed by atoms with E-state index in [0.29, 0.717) is 11.1 Å². The van der Waals surface area contributed by atoms with Gasteiger partial charge in [0.2, 0.25) is 0 Å². The molecule has 0 nitrogen and oxygen atoms in total. The average Bonchev–Trinajstić information content (AvgIpc) is 2.27. The third-order valence-corrected chi connectivity index (χ3v) is 2.97. The van der Waals surface area contributed by atoms with Gasteiger partial charge in [-0.25, -0.2) is 8.78 Å². The first kappa shape index (κ1) is 11.8. The van der Waals surface area contributed by atoms with Gasteiger partial charge in [-0.15, -0.1) is 0 Å². The van der Waals surface area contributed by atoms with Gasteiger partial charge in [0.15, 0.2) is 0 Å². The van der Waals surface area contributed by atoms with Crippen LogP contribution in [0.3, 0.4) is 0 Å². The summed E-state index contributed by atoms with van der Waals surface area (Å²) < 4.78 is 26.6. The standard InChI is InChI=1S/C15H14F2/c1-9-8-15(17)11(3)7-13(9)12-4-5-14(16)10(2)6-12/h4-8H,1-3H3. The van der Waals surface area contributed by atoms with E-state index in [9.17, 15) is 8.78 Å². The lowest BCUT2D eigenvalue weighted by Gasteiger charge is -2.09. The molecule has 88 valence electrons. The highest BCUT2D eigenvalue weighted by atomic mass is 19.1. The zero-order valence-electron chi connectivity index (χ0n) is 10.1.